The number of hydrogen-bond donors (Lipinski definition) is 0. The maximum Gasteiger partial charge on any atom is 0.449 e. The third-order valence-electron chi connectivity index (χ3n) is 13.8. The van der Waals surface area contributed by atoms with E-state index in [1.807, 2.05) is 9.80 Å². The summed E-state index contributed by atoms with van der Waals surface area (Å²) in [6.45, 7) is 8.23. The van der Waals surface area contributed by atoms with E-state index in [-0.39, 0.29) is 47.9 Å². The normalized spacial score (nSPS) is 45.1. The number of halogens is 6. The predicted molar refractivity (Wildman–Crippen MR) is 174 cm³/mol. The zero-order valence-corrected chi connectivity index (χ0v) is 31.2. The van der Waals surface area contributed by atoms with Gasteiger partial charge in [0.2, 0.25) is 35.7 Å². The molecule has 0 aromatic rings. The Bertz CT molecular complexity index is 1400. The summed E-state index contributed by atoms with van der Waals surface area (Å²) in [5.41, 5.74) is -2.17. The van der Waals surface area contributed by atoms with Gasteiger partial charge < -0.3 is 28.7 Å². The molecule has 10 aliphatic rings. The van der Waals surface area contributed by atoms with Crippen LogP contribution in [-0.4, -0.2) is 97.8 Å². The Morgan fingerprint density at radius 3 is 1.38 bits per heavy atom. The fraction of sp³-hybridized carbons (Fsp3) is 0.892. The molecule has 0 amide bonds. The summed E-state index contributed by atoms with van der Waals surface area (Å²) in [7, 11) is 3.49. The van der Waals surface area contributed by atoms with E-state index < -0.39 is 71.1 Å². The third kappa shape index (κ3) is 6.15. The highest BCUT2D eigenvalue weighted by molar-refractivity contribution is 5.30. The van der Waals surface area contributed by atoms with Gasteiger partial charge in [-0.25, -0.2) is 19.6 Å². The minimum absolute atomic E-state index is 0.0293. The van der Waals surface area contributed by atoms with Crippen molar-refractivity contribution in [3.05, 3.63) is 22.7 Å². The molecule has 0 radical (unpaired) electrons. The monoisotopic (exact) mass is 766 g/mol. The molecule has 2 saturated carbocycles. The van der Waals surface area contributed by atoms with Gasteiger partial charge in [-0.3, -0.25) is 0 Å². The summed E-state index contributed by atoms with van der Waals surface area (Å²) < 4.78 is 112. The van der Waals surface area contributed by atoms with Gasteiger partial charge in [-0.15, -0.1) is 0 Å². The van der Waals surface area contributed by atoms with Crippen LogP contribution in [0.1, 0.15) is 85.5 Å². The second kappa shape index (κ2) is 12.9. The average Bonchev–Trinajstić information content (AvgIpc) is 3.44. The Morgan fingerprint density at radius 2 is 1.00 bits per heavy atom. The van der Waals surface area contributed by atoms with E-state index in [1.165, 1.54) is 0 Å². The second-order valence-corrected chi connectivity index (χ2v) is 17.5. The summed E-state index contributed by atoms with van der Waals surface area (Å²) >= 11 is 0. The highest BCUT2D eigenvalue weighted by atomic mass is 19.4. The van der Waals surface area contributed by atoms with Gasteiger partial charge in [0.25, 0.3) is 0 Å². The molecular weight excluding hydrogens is 714 g/mol. The molecular formula is C37H52F6N2O8. The molecule has 10 rings (SSSR count). The van der Waals surface area contributed by atoms with E-state index in [2.05, 4.69) is 13.8 Å². The van der Waals surface area contributed by atoms with Gasteiger partial charge in [0.1, 0.15) is 0 Å². The van der Waals surface area contributed by atoms with E-state index in [0.717, 1.165) is 12.8 Å². The van der Waals surface area contributed by atoms with Gasteiger partial charge in [-0.1, -0.05) is 13.8 Å². The van der Waals surface area contributed by atoms with Crippen molar-refractivity contribution in [3.63, 3.8) is 0 Å². The highest BCUT2D eigenvalue weighted by Crippen LogP contribution is 2.63. The molecule has 4 bridgehead atoms. The van der Waals surface area contributed by atoms with E-state index in [1.54, 1.807) is 27.9 Å². The lowest BCUT2D eigenvalue weighted by atomic mass is 9.59. The topological polar surface area (TPSA) is 80.3 Å². The maximum atomic E-state index is 14.7. The molecule has 8 fully saturated rings. The summed E-state index contributed by atoms with van der Waals surface area (Å²) in [6.07, 6.45) is -6.81. The summed E-state index contributed by atoms with van der Waals surface area (Å²) in [5.74, 6) is -5.60. The van der Waals surface area contributed by atoms with Crippen LogP contribution < -0.4 is 0 Å². The zero-order valence-electron chi connectivity index (χ0n) is 31.2. The number of nitrogens with zero attached hydrogens (tertiary/aromatic N) is 2. The van der Waals surface area contributed by atoms with Crippen molar-refractivity contribution >= 4 is 0 Å². The molecule has 0 aromatic carbocycles. The minimum atomic E-state index is -4.75. The maximum absolute atomic E-state index is 14.7. The van der Waals surface area contributed by atoms with Crippen LogP contribution in [0.4, 0.5) is 26.3 Å². The van der Waals surface area contributed by atoms with E-state index in [0.29, 0.717) is 58.0 Å². The first kappa shape index (κ1) is 38.2. The lowest BCUT2D eigenvalue weighted by molar-refractivity contribution is -0.557. The van der Waals surface area contributed by atoms with Crippen LogP contribution in [0.25, 0.3) is 0 Å². The van der Waals surface area contributed by atoms with Crippen LogP contribution in [-0.2, 0) is 38.5 Å². The molecule has 53 heavy (non-hydrogen) atoms. The molecule has 300 valence electrons. The Hall–Kier alpha value is -1.66. The summed E-state index contributed by atoms with van der Waals surface area (Å²) in [4.78, 5) is 27.4. The zero-order chi connectivity index (χ0) is 37.9. The number of likely N-dealkylation sites (N-methyl/N-ethyl adjacent to an activating group) is 2. The largest absolute Gasteiger partial charge is 0.456 e. The summed E-state index contributed by atoms with van der Waals surface area (Å²) in [5, 5.41) is 0. The number of hydrogen-bond acceptors (Lipinski definition) is 10. The van der Waals surface area contributed by atoms with Crippen LogP contribution in [0.15, 0.2) is 22.7 Å². The van der Waals surface area contributed by atoms with E-state index >= 15 is 0 Å². The third-order valence-corrected chi connectivity index (χ3v) is 13.8. The lowest BCUT2D eigenvalue weighted by Gasteiger charge is -2.57. The molecule has 8 heterocycles. The van der Waals surface area contributed by atoms with Crippen LogP contribution >= 0.6 is 0 Å². The fourth-order valence-corrected chi connectivity index (χ4v) is 11.2. The molecule has 10 nitrogen and oxygen atoms in total. The van der Waals surface area contributed by atoms with Crippen molar-refractivity contribution < 1.29 is 64.8 Å². The Labute approximate surface area is 306 Å². The van der Waals surface area contributed by atoms with Crippen molar-refractivity contribution in [2.75, 3.05) is 40.3 Å². The van der Waals surface area contributed by atoms with Crippen LogP contribution in [0.2, 0.25) is 0 Å². The Balaban J connectivity index is 0.985. The highest BCUT2D eigenvalue weighted by Gasteiger charge is 2.72. The van der Waals surface area contributed by atoms with Crippen molar-refractivity contribution in [2.24, 2.45) is 35.5 Å². The first-order valence-electron chi connectivity index (χ1n) is 19.2. The van der Waals surface area contributed by atoms with Crippen LogP contribution in [0.3, 0.4) is 0 Å². The van der Waals surface area contributed by atoms with Crippen molar-refractivity contribution in [3.8, 4) is 0 Å². The molecule has 2 unspecified atom stereocenters. The van der Waals surface area contributed by atoms with Gasteiger partial charge in [0.15, 0.2) is 11.2 Å². The van der Waals surface area contributed by atoms with E-state index in [9.17, 15) is 26.3 Å². The summed E-state index contributed by atoms with van der Waals surface area (Å²) in [6, 6.07) is 0. The van der Waals surface area contributed by atoms with Crippen LogP contribution in [0.5, 0.6) is 0 Å². The quantitative estimate of drug-likeness (QED) is 0.185. The average molecular weight is 767 g/mol. The van der Waals surface area contributed by atoms with Crippen molar-refractivity contribution in [2.45, 2.75) is 133 Å². The molecule has 0 aromatic heterocycles. The Morgan fingerprint density at radius 1 is 0.604 bits per heavy atom. The number of rotatable bonds is 8. The van der Waals surface area contributed by atoms with Crippen LogP contribution in [0, 0.1) is 35.5 Å². The number of ether oxygens (including phenoxy) is 4. The molecule has 2 aliphatic carbocycles. The first-order valence-corrected chi connectivity index (χ1v) is 19.2. The first-order chi connectivity index (χ1) is 24.8. The van der Waals surface area contributed by atoms with E-state index in [4.69, 9.17) is 38.5 Å². The van der Waals surface area contributed by atoms with Gasteiger partial charge in [-0.2, -0.15) is 26.3 Å². The minimum Gasteiger partial charge on any atom is -0.456 e. The SMILES string of the molecule is C[C@@H]1CC[C@H]2C(CN(C)CCCN(C)CC3=C(C(F)(F)F)O[C@@H]4O[C@]5(C)CCC6[C@H](C)CC[C@@H]3[C@]64OO5)=C(C(F)(F)F)O[C@@H]3O[C@@]4(C)CCC1[C@]32OO4. The predicted octanol–water partition coefficient (Wildman–Crippen LogP) is 7.36. The van der Waals surface area contributed by atoms with Gasteiger partial charge >= 0.3 is 12.4 Å². The fourth-order valence-electron chi connectivity index (χ4n) is 11.2. The van der Waals surface area contributed by atoms with Crippen molar-refractivity contribution in [1.29, 1.82) is 0 Å². The lowest BCUT2D eigenvalue weighted by Crippen LogP contribution is -2.67. The second-order valence-electron chi connectivity index (χ2n) is 17.5. The van der Waals surface area contributed by atoms with Gasteiger partial charge in [0, 0.05) is 49.6 Å². The molecule has 6 saturated heterocycles. The number of alkyl halides is 6. The molecule has 2 spiro atoms. The smallest absolute Gasteiger partial charge is 0.449 e. The standard InChI is InChI=1S/C37H52F6N2O8/c1-20-8-10-26-22(28(36(38,39)40)46-30-34(26)24(20)12-14-32(3,48-30)50-52-34)18-44(5)16-7-17-45(6)19-23-27-11-9-21(2)25-13-15-33(4)49-31(35(25,27)53-51-33)47-29(23)37(41,42)43/h20-21,24-27,30-31H,7-19H2,1-6H3/t20-,21-,24?,25?,26+,27+,30-,31-,32-,33+,34-,35-/m1/s1. The van der Waals surface area contributed by atoms with Gasteiger partial charge in [0.05, 0.1) is 0 Å². The molecule has 16 heteroatoms. The Kier molecular flexibility index (Phi) is 9.33. The number of allylic oxidation sites excluding steroid dienone is 2. The van der Waals surface area contributed by atoms with Crippen molar-refractivity contribution in [1.82, 2.24) is 9.80 Å². The molecule has 8 aliphatic heterocycles. The van der Waals surface area contributed by atoms with Gasteiger partial charge in [-0.05, 0) is 109 Å². The molecule has 12 atom stereocenters. The molecule has 0 N–H and O–H groups in total. The number of fused-ring (bicyclic) bond motifs is 4.